The first kappa shape index (κ1) is 16.2. The maximum atomic E-state index is 5.75. The van der Waals surface area contributed by atoms with Gasteiger partial charge in [0.25, 0.3) is 0 Å². The molecular formula is C21H22N2O. The molecule has 0 saturated carbocycles. The van der Waals surface area contributed by atoms with Crippen LogP contribution in [0, 0.1) is 5.92 Å². The van der Waals surface area contributed by atoms with Crippen molar-refractivity contribution >= 4 is 6.21 Å². The number of ether oxygens (including phenoxy) is 1. The van der Waals surface area contributed by atoms with Gasteiger partial charge in [-0.2, -0.15) is 0 Å². The van der Waals surface area contributed by atoms with Gasteiger partial charge in [0.05, 0.1) is 0 Å². The molecule has 0 aliphatic heterocycles. The fourth-order valence-corrected chi connectivity index (χ4v) is 2.56. The van der Waals surface area contributed by atoms with Gasteiger partial charge in [0.15, 0.2) is 0 Å². The van der Waals surface area contributed by atoms with Gasteiger partial charge < -0.3 is 4.74 Å². The second kappa shape index (κ2) is 8.82. The van der Waals surface area contributed by atoms with Gasteiger partial charge in [0.2, 0.25) is 0 Å². The van der Waals surface area contributed by atoms with Crippen molar-refractivity contribution < 1.29 is 4.74 Å². The summed E-state index contributed by atoms with van der Waals surface area (Å²) in [6.07, 6.45) is 16.5. The smallest absolute Gasteiger partial charge is 0.119 e. The molecule has 1 heterocycles. The summed E-state index contributed by atoms with van der Waals surface area (Å²) in [6.45, 7) is 1.40. The minimum absolute atomic E-state index is 0.532. The van der Waals surface area contributed by atoms with E-state index in [0.717, 1.165) is 36.3 Å². The van der Waals surface area contributed by atoms with E-state index in [4.69, 9.17) is 4.74 Å². The molecule has 24 heavy (non-hydrogen) atoms. The Balaban J connectivity index is 1.43. The molecule has 3 heteroatoms. The van der Waals surface area contributed by atoms with E-state index in [1.165, 1.54) is 0 Å². The maximum Gasteiger partial charge on any atom is 0.119 e. The molecule has 1 aliphatic carbocycles. The van der Waals surface area contributed by atoms with E-state index < -0.39 is 0 Å². The number of hydrogen-bond acceptors (Lipinski definition) is 3. The lowest BCUT2D eigenvalue weighted by Gasteiger charge is -2.10. The van der Waals surface area contributed by atoms with Gasteiger partial charge >= 0.3 is 0 Å². The molecule has 122 valence electrons. The Hall–Kier alpha value is -2.68. The summed E-state index contributed by atoms with van der Waals surface area (Å²) in [5, 5.41) is 0. The molecule has 0 bridgehead atoms. The molecule has 2 aromatic rings. The molecular weight excluding hydrogens is 296 g/mol. The summed E-state index contributed by atoms with van der Waals surface area (Å²) >= 11 is 0. The minimum Gasteiger partial charge on any atom is -0.489 e. The Morgan fingerprint density at radius 3 is 2.83 bits per heavy atom. The number of allylic oxidation sites excluding steroid dienone is 4. The van der Waals surface area contributed by atoms with E-state index in [0.29, 0.717) is 12.5 Å². The fourth-order valence-electron chi connectivity index (χ4n) is 2.56. The molecule has 3 rings (SSSR count). The Bertz CT molecular complexity index is 702. The first-order chi connectivity index (χ1) is 11.9. The van der Waals surface area contributed by atoms with E-state index in [1.54, 1.807) is 6.20 Å². The van der Waals surface area contributed by atoms with Crippen molar-refractivity contribution in [2.45, 2.75) is 19.4 Å². The highest BCUT2D eigenvalue weighted by Gasteiger charge is 2.03. The van der Waals surface area contributed by atoms with Crippen LogP contribution in [0.4, 0.5) is 0 Å². The van der Waals surface area contributed by atoms with Crippen LogP contribution < -0.4 is 4.74 Å². The molecule has 0 fully saturated rings. The predicted molar refractivity (Wildman–Crippen MR) is 98.5 cm³/mol. The van der Waals surface area contributed by atoms with Crippen LogP contribution >= 0.6 is 0 Å². The third kappa shape index (κ3) is 5.20. The number of aliphatic imine (C=N–C) groups is 1. The van der Waals surface area contributed by atoms with Crippen molar-refractivity contribution in [3.05, 3.63) is 84.2 Å². The second-order valence-electron chi connectivity index (χ2n) is 5.85. The van der Waals surface area contributed by atoms with Crippen molar-refractivity contribution in [1.82, 2.24) is 4.98 Å². The molecule has 0 N–H and O–H groups in total. The number of pyridine rings is 1. The molecule has 1 aromatic carbocycles. The first-order valence-corrected chi connectivity index (χ1v) is 8.35. The van der Waals surface area contributed by atoms with Crippen LogP contribution in [0.25, 0.3) is 0 Å². The van der Waals surface area contributed by atoms with Crippen molar-refractivity contribution in [2.75, 3.05) is 6.54 Å². The van der Waals surface area contributed by atoms with Gasteiger partial charge in [0.1, 0.15) is 12.4 Å². The van der Waals surface area contributed by atoms with Gasteiger partial charge in [-0.3, -0.25) is 9.98 Å². The second-order valence-corrected chi connectivity index (χ2v) is 5.85. The lowest BCUT2D eigenvalue weighted by Crippen LogP contribution is -1.99. The highest BCUT2D eigenvalue weighted by molar-refractivity contribution is 5.79. The number of hydrogen-bond donors (Lipinski definition) is 0. The molecule has 3 nitrogen and oxygen atoms in total. The normalized spacial score (nSPS) is 16.6. The van der Waals surface area contributed by atoms with Crippen molar-refractivity contribution in [1.29, 1.82) is 0 Å². The average molecular weight is 318 g/mol. The SMILES string of the molecule is C1=CCC(CC/N=C\c2ccc(OCc3cccnc3)cc2)C=C1. The zero-order chi connectivity index (χ0) is 16.5. The molecule has 1 atom stereocenters. The Morgan fingerprint density at radius 1 is 1.17 bits per heavy atom. The van der Waals surface area contributed by atoms with E-state index in [1.807, 2.05) is 48.8 Å². The van der Waals surface area contributed by atoms with Gasteiger partial charge in [-0.25, -0.2) is 0 Å². The van der Waals surface area contributed by atoms with Crippen LogP contribution in [0.2, 0.25) is 0 Å². The summed E-state index contributed by atoms with van der Waals surface area (Å²) < 4.78 is 5.75. The van der Waals surface area contributed by atoms with Crippen LogP contribution in [-0.2, 0) is 6.61 Å². The van der Waals surface area contributed by atoms with Crippen molar-refractivity contribution in [3.8, 4) is 5.75 Å². The van der Waals surface area contributed by atoms with Gasteiger partial charge in [-0.15, -0.1) is 0 Å². The number of benzene rings is 1. The van der Waals surface area contributed by atoms with Crippen LogP contribution in [0.3, 0.4) is 0 Å². The van der Waals surface area contributed by atoms with Gasteiger partial charge in [-0.1, -0.05) is 30.4 Å². The number of rotatable bonds is 7. The highest BCUT2D eigenvalue weighted by atomic mass is 16.5. The molecule has 0 spiro atoms. The third-order valence-electron chi connectivity index (χ3n) is 3.95. The summed E-state index contributed by atoms with van der Waals surface area (Å²) in [4.78, 5) is 8.61. The number of aromatic nitrogens is 1. The van der Waals surface area contributed by atoms with E-state index in [-0.39, 0.29) is 0 Å². The van der Waals surface area contributed by atoms with Crippen LogP contribution in [0.5, 0.6) is 5.75 Å². The molecule has 1 aliphatic rings. The average Bonchev–Trinajstić information content (AvgIpc) is 2.66. The number of nitrogens with zero attached hydrogens (tertiary/aromatic N) is 2. The molecule has 0 amide bonds. The molecule has 1 unspecified atom stereocenters. The summed E-state index contributed by atoms with van der Waals surface area (Å²) in [7, 11) is 0. The zero-order valence-corrected chi connectivity index (χ0v) is 13.7. The lowest BCUT2D eigenvalue weighted by atomic mass is 9.98. The Kier molecular flexibility index (Phi) is 5.95. The van der Waals surface area contributed by atoms with Gasteiger partial charge in [0, 0.05) is 30.7 Å². The monoisotopic (exact) mass is 318 g/mol. The molecule has 0 radical (unpaired) electrons. The summed E-state index contributed by atoms with van der Waals surface area (Å²) in [5.41, 5.74) is 2.16. The largest absolute Gasteiger partial charge is 0.489 e. The van der Waals surface area contributed by atoms with Crippen LogP contribution in [-0.4, -0.2) is 17.7 Å². The maximum absolute atomic E-state index is 5.75. The van der Waals surface area contributed by atoms with Crippen LogP contribution in [0.1, 0.15) is 24.0 Å². The van der Waals surface area contributed by atoms with Crippen molar-refractivity contribution in [2.24, 2.45) is 10.9 Å². The van der Waals surface area contributed by atoms with Gasteiger partial charge in [-0.05, 0) is 54.7 Å². The Labute approximate surface area is 143 Å². The van der Waals surface area contributed by atoms with E-state index in [2.05, 4.69) is 34.3 Å². The predicted octanol–water partition coefficient (Wildman–Crippen LogP) is 4.60. The summed E-state index contributed by atoms with van der Waals surface area (Å²) in [6, 6.07) is 11.9. The first-order valence-electron chi connectivity index (χ1n) is 8.35. The lowest BCUT2D eigenvalue weighted by molar-refractivity contribution is 0.306. The topological polar surface area (TPSA) is 34.5 Å². The quantitative estimate of drug-likeness (QED) is 0.699. The van der Waals surface area contributed by atoms with E-state index in [9.17, 15) is 0 Å². The standard InChI is InChI=1S/C21H22N2O/c1-2-5-18(6-3-1)12-14-23-15-19-8-10-21(11-9-19)24-17-20-7-4-13-22-16-20/h1-5,7-11,13,15-16,18H,6,12,14,17H2/b23-15-. The van der Waals surface area contributed by atoms with E-state index >= 15 is 0 Å². The van der Waals surface area contributed by atoms with Crippen LogP contribution in [0.15, 0.2) is 78.1 Å². The molecule has 1 aromatic heterocycles. The fraction of sp³-hybridized carbons (Fsp3) is 0.238. The molecule has 0 saturated heterocycles. The summed E-state index contributed by atoms with van der Waals surface area (Å²) in [5.74, 6) is 1.49. The minimum atomic E-state index is 0.532. The van der Waals surface area contributed by atoms with Crippen molar-refractivity contribution in [3.63, 3.8) is 0 Å². The third-order valence-corrected chi connectivity index (χ3v) is 3.95. The zero-order valence-electron chi connectivity index (χ0n) is 13.7. The highest BCUT2D eigenvalue weighted by Crippen LogP contribution is 2.16. The Morgan fingerprint density at radius 2 is 2.08 bits per heavy atom.